The smallest absolute Gasteiger partial charge is 0.257 e. The number of hydrogen-bond acceptors (Lipinski definition) is 7. The third kappa shape index (κ3) is 4.73. The fourth-order valence-electron chi connectivity index (χ4n) is 4.07. The maximum atomic E-state index is 13.5. The van der Waals surface area contributed by atoms with Crippen molar-refractivity contribution in [3.05, 3.63) is 77.5 Å². The average Bonchev–Trinajstić information content (AvgIpc) is 3.40. The van der Waals surface area contributed by atoms with Gasteiger partial charge in [0.15, 0.2) is 0 Å². The summed E-state index contributed by atoms with van der Waals surface area (Å²) in [5.74, 6) is 0.632. The molecule has 1 aromatic carbocycles. The predicted octanol–water partition coefficient (Wildman–Crippen LogP) is 2.94. The number of carbonyl (C=O) groups is 1. The second-order valence-corrected chi connectivity index (χ2v) is 8.21. The molecule has 9 nitrogen and oxygen atoms in total. The van der Waals surface area contributed by atoms with Crippen molar-refractivity contribution in [2.45, 2.75) is 20.0 Å². The van der Waals surface area contributed by atoms with Gasteiger partial charge in [-0.1, -0.05) is 28.5 Å². The van der Waals surface area contributed by atoms with E-state index in [4.69, 9.17) is 14.1 Å². The molecule has 0 aliphatic carbocycles. The third-order valence-corrected chi connectivity index (χ3v) is 5.83. The van der Waals surface area contributed by atoms with Crippen LogP contribution in [0.2, 0.25) is 0 Å². The molecular weight excluding hydrogens is 422 g/mol. The summed E-state index contributed by atoms with van der Waals surface area (Å²) in [6.45, 7) is 4.26. The van der Waals surface area contributed by atoms with Gasteiger partial charge in [-0.05, 0) is 37.1 Å². The Morgan fingerprint density at radius 1 is 1.21 bits per heavy atom. The Hall–Kier alpha value is -3.72. The van der Waals surface area contributed by atoms with Gasteiger partial charge in [-0.2, -0.15) is 0 Å². The van der Waals surface area contributed by atoms with Gasteiger partial charge in [-0.15, -0.1) is 0 Å². The zero-order chi connectivity index (χ0) is 22.6. The lowest BCUT2D eigenvalue weighted by Gasteiger charge is -2.24. The van der Waals surface area contributed by atoms with Crippen LogP contribution in [0.1, 0.15) is 27.3 Å². The van der Waals surface area contributed by atoms with Crippen molar-refractivity contribution in [1.29, 1.82) is 0 Å². The standard InChI is InChI=1S/C24H25N5O4/c1-17-21(27-33-26-17)16-32-22-5-3-2-4-20(22)24(30)29-10-11-31-15-19(14-29)12-18-6-7-23-25-8-9-28(23)13-18/h2-9,13,19H,10-12,14-16H2,1H3/t19-/m0/s1. The highest BCUT2D eigenvalue weighted by Gasteiger charge is 2.26. The Kier molecular flexibility index (Phi) is 6.03. The van der Waals surface area contributed by atoms with Crippen LogP contribution in [0, 0.1) is 12.8 Å². The van der Waals surface area contributed by atoms with E-state index in [1.807, 2.05) is 33.7 Å². The molecule has 5 rings (SSSR count). The van der Waals surface area contributed by atoms with E-state index in [0.717, 1.165) is 12.1 Å². The molecule has 0 saturated carbocycles. The Morgan fingerprint density at radius 3 is 3.00 bits per heavy atom. The number of nitrogens with zero attached hydrogens (tertiary/aromatic N) is 5. The largest absolute Gasteiger partial charge is 0.486 e. The summed E-state index contributed by atoms with van der Waals surface area (Å²) in [7, 11) is 0. The van der Waals surface area contributed by atoms with Crippen molar-refractivity contribution in [2.24, 2.45) is 5.92 Å². The van der Waals surface area contributed by atoms with Crippen molar-refractivity contribution in [1.82, 2.24) is 24.6 Å². The van der Waals surface area contributed by atoms with Crippen molar-refractivity contribution < 1.29 is 18.9 Å². The molecule has 1 fully saturated rings. The number of amides is 1. The summed E-state index contributed by atoms with van der Waals surface area (Å²) in [6.07, 6.45) is 6.62. The SMILES string of the molecule is Cc1nonc1COc1ccccc1C(=O)N1CCOC[C@@H](Cc2ccc3nccn3c2)C1. The topological polar surface area (TPSA) is 95.0 Å². The molecule has 0 N–H and O–H groups in total. The zero-order valence-corrected chi connectivity index (χ0v) is 18.4. The molecule has 0 unspecified atom stereocenters. The minimum atomic E-state index is -0.0684. The van der Waals surface area contributed by atoms with Gasteiger partial charge in [0.1, 0.15) is 29.4 Å². The molecule has 1 amide bonds. The number of aryl methyl sites for hydroxylation is 1. The summed E-state index contributed by atoms with van der Waals surface area (Å²) >= 11 is 0. The minimum absolute atomic E-state index is 0.0684. The lowest BCUT2D eigenvalue weighted by molar-refractivity contribution is 0.0732. The van der Waals surface area contributed by atoms with Gasteiger partial charge < -0.3 is 18.8 Å². The van der Waals surface area contributed by atoms with Crippen LogP contribution in [0.3, 0.4) is 0 Å². The number of aromatic nitrogens is 4. The van der Waals surface area contributed by atoms with Gasteiger partial charge in [-0.3, -0.25) is 4.79 Å². The Balaban J connectivity index is 1.29. The molecule has 1 saturated heterocycles. The summed E-state index contributed by atoms with van der Waals surface area (Å²) in [5, 5.41) is 7.61. The molecular formula is C24H25N5O4. The van der Waals surface area contributed by atoms with Crippen LogP contribution in [-0.2, 0) is 17.8 Å². The molecule has 0 bridgehead atoms. The van der Waals surface area contributed by atoms with E-state index in [-0.39, 0.29) is 18.4 Å². The number of fused-ring (bicyclic) bond motifs is 1. The van der Waals surface area contributed by atoms with Gasteiger partial charge in [0.25, 0.3) is 5.91 Å². The first-order valence-electron chi connectivity index (χ1n) is 11.0. The number of ether oxygens (including phenoxy) is 2. The Bertz CT molecular complexity index is 1250. The molecule has 170 valence electrons. The van der Waals surface area contributed by atoms with Gasteiger partial charge in [0, 0.05) is 37.6 Å². The normalized spacial score (nSPS) is 16.6. The van der Waals surface area contributed by atoms with Crippen LogP contribution in [0.4, 0.5) is 0 Å². The molecule has 4 heterocycles. The quantitative estimate of drug-likeness (QED) is 0.448. The molecule has 0 radical (unpaired) electrons. The van der Waals surface area contributed by atoms with Crippen LogP contribution in [0.5, 0.6) is 5.75 Å². The highest BCUT2D eigenvalue weighted by molar-refractivity contribution is 5.97. The van der Waals surface area contributed by atoms with Gasteiger partial charge in [0.05, 0.1) is 18.8 Å². The summed E-state index contributed by atoms with van der Waals surface area (Å²) in [4.78, 5) is 19.6. The predicted molar refractivity (Wildman–Crippen MR) is 119 cm³/mol. The van der Waals surface area contributed by atoms with Crippen LogP contribution < -0.4 is 4.74 Å². The van der Waals surface area contributed by atoms with Crippen LogP contribution >= 0.6 is 0 Å². The number of rotatable bonds is 6. The van der Waals surface area contributed by atoms with Crippen LogP contribution in [-0.4, -0.2) is 56.8 Å². The summed E-state index contributed by atoms with van der Waals surface area (Å²) < 4.78 is 18.5. The van der Waals surface area contributed by atoms with E-state index >= 15 is 0 Å². The van der Waals surface area contributed by atoms with E-state index in [2.05, 4.69) is 27.6 Å². The monoisotopic (exact) mass is 447 g/mol. The van der Waals surface area contributed by atoms with Crippen LogP contribution in [0.25, 0.3) is 5.65 Å². The molecule has 4 aromatic rings. The first-order chi connectivity index (χ1) is 16.2. The maximum absolute atomic E-state index is 13.5. The Labute approximate surface area is 190 Å². The minimum Gasteiger partial charge on any atom is -0.486 e. The molecule has 9 heteroatoms. The number of benzene rings is 1. The van der Waals surface area contributed by atoms with Crippen molar-refractivity contribution in [3.63, 3.8) is 0 Å². The highest BCUT2D eigenvalue weighted by Crippen LogP contribution is 2.23. The lowest BCUT2D eigenvalue weighted by atomic mass is 10.0. The zero-order valence-electron chi connectivity index (χ0n) is 18.4. The van der Waals surface area contributed by atoms with E-state index in [1.54, 1.807) is 25.3 Å². The summed E-state index contributed by atoms with van der Waals surface area (Å²) in [5.41, 5.74) is 3.90. The van der Waals surface area contributed by atoms with Crippen molar-refractivity contribution >= 4 is 11.6 Å². The van der Waals surface area contributed by atoms with Gasteiger partial charge in [-0.25, -0.2) is 9.61 Å². The number of carbonyl (C=O) groups excluding carboxylic acids is 1. The highest BCUT2D eigenvalue weighted by atomic mass is 16.6. The summed E-state index contributed by atoms with van der Waals surface area (Å²) in [6, 6.07) is 11.4. The first-order valence-corrected chi connectivity index (χ1v) is 11.0. The first kappa shape index (κ1) is 21.1. The molecule has 1 aliphatic heterocycles. The molecule has 0 spiro atoms. The number of imidazole rings is 1. The van der Waals surface area contributed by atoms with E-state index in [0.29, 0.717) is 49.0 Å². The average molecular weight is 447 g/mol. The van der Waals surface area contributed by atoms with Crippen LogP contribution in [0.15, 0.2) is 59.6 Å². The second kappa shape index (κ2) is 9.41. The van der Waals surface area contributed by atoms with Gasteiger partial charge >= 0.3 is 0 Å². The number of pyridine rings is 1. The molecule has 1 aliphatic rings. The molecule has 33 heavy (non-hydrogen) atoms. The van der Waals surface area contributed by atoms with Crippen molar-refractivity contribution in [2.75, 3.05) is 26.3 Å². The molecule has 3 aromatic heterocycles. The maximum Gasteiger partial charge on any atom is 0.257 e. The second-order valence-electron chi connectivity index (χ2n) is 8.21. The third-order valence-electron chi connectivity index (χ3n) is 5.83. The lowest BCUT2D eigenvalue weighted by Crippen LogP contribution is -2.36. The van der Waals surface area contributed by atoms with E-state index < -0.39 is 0 Å². The van der Waals surface area contributed by atoms with Crippen molar-refractivity contribution in [3.8, 4) is 5.75 Å². The molecule has 1 atom stereocenters. The number of para-hydroxylation sites is 1. The van der Waals surface area contributed by atoms with E-state index in [9.17, 15) is 4.79 Å². The van der Waals surface area contributed by atoms with Gasteiger partial charge in [0.2, 0.25) is 0 Å². The fourth-order valence-corrected chi connectivity index (χ4v) is 4.07. The number of hydrogen-bond donors (Lipinski definition) is 0. The Morgan fingerprint density at radius 2 is 2.12 bits per heavy atom. The fraction of sp³-hybridized carbons (Fsp3) is 0.333. The van der Waals surface area contributed by atoms with E-state index in [1.165, 1.54) is 5.56 Å².